The first-order chi connectivity index (χ1) is 20.2. The van der Waals surface area contributed by atoms with Gasteiger partial charge in [0.25, 0.3) is 5.91 Å². The summed E-state index contributed by atoms with van der Waals surface area (Å²) < 4.78 is 42.2. The Morgan fingerprint density at radius 2 is 2.02 bits per heavy atom. The molecule has 0 spiro atoms. The average Bonchev–Trinajstić information content (AvgIpc) is 3.66. The van der Waals surface area contributed by atoms with Crippen LogP contribution < -0.4 is 16.4 Å². The molecule has 0 bridgehead atoms. The lowest BCUT2D eigenvalue weighted by Gasteiger charge is -2.54. The third-order valence-corrected chi connectivity index (χ3v) is 8.50. The number of halogens is 3. The number of likely N-dealkylation sites (tertiary alicyclic amines) is 2. The smallest absolute Gasteiger partial charge is 0.350 e. The van der Waals surface area contributed by atoms with Crippen LogP contribution in [0.1, 0.15) is 53.4 Å². The van der Waals surface area contributed by atoms with Crippen LogP contribution in [0.3, 0.4) is 0 Å². The number of alkyl halides is 3. The number of fused-ring (bicyclic) bond motifs is 1. The molecule has 4 aliphatic heterocycles. The molecule has 0 aliphatic carbocycles. The Hall–Kier alpha value is -3.69. The molecule has 2 fully saturated rings. The summed E-state index contributed by atoms with van der Waals surface area (Å²) in [5.41, 5.74) is 6.85. The number of amides is 1. The average molecular weight is 586 g/mol. The van der Waals surface area contributed by atoms with Crippen molar-refractivity contribution < 1.29 is 18.0 Å². The molecular weight excluding hydrogens is 551 g/mol. The van der Waals surface area contributed by atoms with Crippen molar-refractivity contribution in [3.05, 3.63) is 53.5 Å². The number of carbonyl (C=O) groups is 1. The van der Waals surface area contributed by atoms with Gasteiger partial charge in [-0.05, 0) is 31.7 Å². The summed E-state index contributed by atoms with van der Waals surface area (Å²) in [5, 5.41) is 10.8. The summed E-state index contributed by atoms with van der Waals surface area (Å²) in [6.45, 7) is 5.27. The SMILES string of the molecule is CCNCc1cc(C(=O)N2CCC(N3CC(CN)(n4cc(C5N=CN=C6NC=CC65)cn4)C3)CC2)nc(C(F)(F)F)n1. The zero-order valence-electron chi connectivity index (χ0n) is 23.3. The van der Waals surface area contributed by atoms with Crippen molar-refractivity contribution in [3.8, 4) is 0 Å². The molecule has 1 amide bonds. The zero-order chi connectivity index (χ0) is 29.5. The maximum absolute atomic E-state index is 13.4. The molecule has 2 aromatic rings. The molecule has 4 N–H and O–H groups in total. The van der Waals surface area contributed by atoms with Crippen LogP contribution in [0, 0.1) is 5.92 Å². The largest absolute Gasteiger partial charge is 0.451 e. The Kier molecular flexibility index (Phi) is 7.57. The molecule has 6 rings (SSSR count). The van der Waals surface area contributed by atoms with Gasteiger partial charge in [0.05, 0.1) is 23.9 Å². The zero-order valence-corrected chi connectivity index (χ0v) is 23.3. The Balaban J connectivity index is 1.07. The maximum Gasteiger partial charge on any atom is 0.451 e. The van der Waals surface area contributed by atoms with Crippen LogP contribution in [0.25, 0.3) is 0 Å². The standard InChI is InChI=1S/C27H34F3N11O/c1-2-32-11-18-9-21(38-25(37-18)27(28,29)30)24(42)39-7-4-19(5-8-39)40-14-26(13-31,15-40)41-12-17(10-36-41)22-20-3-6-33-23(20)35-16-34-22/h3,6,9-10,12,16,19-20,22,32H,2,4-5,7-8,11,13-15,31H2,1H3,(H,33,34,35). The number of hydrogen-bond donors (Lipinski definition) is 3. The van der Waals surface area contributed by atoms with Crippen LogP contribution in [0.15, 0.2) is 40.7 Å². The van der Waals surface area contributed by atoms with E-state index in [0.717, 1.165) is 24.5 Å². The number of carbonyl (C=O) groups excluding carboxylic acids is 1. The molecule has 15 heteroatoms. The quantitative estimate of drug-likeness (QED) is 0.421. The molecule has 0 radical (unpaired) electrons. The number of rotatable bonds is 8. The minimum Gasteiger partial charge on any atom is -0.350 e. The van der Waals surface area contributed by atoms with Crippen LogP contribution in [0.4, 0.5) is 13.2 Å². The van der Waals surface area contributed by atoms with Crippen molar-refractivity contribution in [2.45, 2.75) is 50.1 Å². The molecule has 0 saturated carbocycles. The van der Waals surface area contributed by atoms with Crippen LogP contribution in [-0.2, 0) is 18.3 Å². The van der Waals surface area contributed by atoms with Gasteiger partial charge in [-0.25, -0.2) is 15.0 Å². The van der Waals surface area contributed by atoms with E-state index in [1.807, 2.05) is 30.2 Å². The minimum absolute atomic E-state index is 0.0641. The maximum atomic E-state index is 13.4. The second kappa shape index (κ2) is 11.2. The Morgan fingerprint density at radius 1 is 1.24 bits per heavy atom. The van der Waals surface area contributed by atoms with E-state index in [1.165, 1.54) is 6.07 Å². The number of piperidine rings is 1. The molecule has 0 aromatic carbocycles. The van der Waals surface area contributed by atoms with Gasteiger partial charge in [0.2, 0.25) is 5.82 Å². The van der Waals surface area contributed by atoms with Gasteiger partial charge in [0.1, 0.15) is 23.4 Å². The van der Waals surface area contributed by atoms with Gasteiger partial charge in [0.15, 0.2) is 0 Å². The molecule has 42 heavy (non-hydrogen) atoms. The summed E-state index contributed by atoms with van der Waals surface area (Å²) in [4.78, 5) is 33.2. The van der Waals surface area contributed by atoms with Crippen molar-refractivity contribution in [2.75, 3.05) is 39.3 Å². The van der Waals surface area contributed by atoms with Gasteiger partial charge < -0.3 is 21.3 Å². The first-order valence-electron chi connectivity index (χ1n) is 14.2. The van der Waals surface area contributed by atoms with Crippen LogP contribution in [0.5, 0.6) is 0 Å². The van der Waals surface area contributed by atoms with E-state index in [2.05, 4.69) is 46.7 Å². The highest BCUT2D eigenvalue weighted by molar-refractivity contribution is 5.96. The van der Waals surface area contributed by atoms with Gasteiger partial charge in [-0.2, -0.15) is 18.3 Å². The summed E-state index contributed by atoms with van der Waals surface area (Å²) in [5.74, 6) is -0.856. The summed E-state index contributed by atoms with van der Waals surface area (Å²) >= 11 is 0. The lowest BCUT2D eigenvalue weighted by Crippen LogP contribution is -2.69. The van der Waals surface area contributed by atoms with Crippen LogP contribution >= 0.6 is 0 Å². The fraction of sp³-hybridized carbons (Fsp3) is 0.556. The lowest BCUT2D eigenvalue weighted by atomic mass is 9.86. The molecule has 2 saturated heterocycles. The first kappa shape index (κ1) is 28.4. The molecule has 4 aliphatic rings. The summed E-state index contributed by atoms with van der Waals surface area (Å²) in [6, 6.07) is 1.49. The van der Waals surface area contributed by atoms with E-state index in [1.54, 1.807) is 11.2 Å². The number of nitrogens with two attached hydrogens (primary N) is 1. The minimum atomic E-state index is -4.74. The van der Waals surface area contributed by atoms with Gasteiger partial charge >= 0.3 is 6.18 Å². The monoisotopic (exact) mass is 585 g/mol. The highest BCUT2D eigenvalue weighted by atomic mass is 19.4. The van der Waals surface area contributed by atoms with Gasteiger partial charge in [0, 0.05) is 57.1 Å². The lowest BCUT2D eigenvalue weighted by molar-refractivity contribution is -0.145. The Bertz CT molecular complexity index is 1400. The van der Waals surface area contributed by atoms with Gasteiger partial charge in [-0.15, -0.1) is 0 Å². The topological polar surface area (TPSA) is 142 Å². The molecule has 12 nitrogen and oxygen atoms in total. The van der Waals surface area contributed by atoms with E-state index in [-0.39, 0.29) is 41.5 Å². The number of aliphatic imine (C=N–C) groups is 2. The number of nitrogens with zero attached hydrogens (tertiary/aromatic N) is 8. The van der Waals surface area contributed by atoms with Crippen molar-refractivity contribution in [2.24, 2.45) is 21.6 Å². The molecule has 2 unspecified atom stereocenters. The third kappa shape index (κ3) is 5.31. The normalized spacial score (nSPS) is 23.8. The second-order valence-corrected chi connectivity index (χ2v) is 11.2. The van der Waals surface area contributed by atoms with Crippen molar-refractivity contribution in [1.82, 2.24) is 40.2 Å². The van der Waals surface area contributed by atoms with E-state index in [0.29, 0.717) is 39.0 Å². The number of nitrogens with one attached hydrogen (secondary N) is 2. The Morgan fingerprint density at radius 3 is 2.74 bits per heavy atom. The highest BCUT2D eigenvalue weighted by Gasteiger charge is 2.48. The fourth-order valence-electron chi connectivity index (χ4n) is 6.11. The number of aromatic nitrogens is 4. The fourth-order valence-corrected chi connectivity index (χ4v) is 6.11. The highest BCUT2D eigenvalue weighted by Crippen LogP contribution is 2.36. The molecule has 6 heterocycles. The van der Waals surface area contributed by atoms with E-state index >= 15 is 0 Å². The number of hydrogen-bond acceptors (Lipinski definition) is 10. The second-order valence-electron chi connectivity index (χ2n) is 11.2. The van der Waals surface area contributed by atoms with Crippen LogP contribution in [0.2, 0.25) is 0 Å². The first-order valence-corrected chi connectivity index (χ1v) is 14.2. The molecule has 2 aromatic heterocycles. The summed E-state index contributed by atoms with van der Waals surface area (Å²) in [6.07, 6.45) is 6.08. The van der Waals surface area contributed by atoms with Crippen molar-refractivity contribution in [3.63, 3.8) is 0 Å². The van der Waals surface area contributed by atoms with E-state index < -0.39 is 17.9 Å². The predicted molar refractivity (Wildman–Crippen MR) is 149 cm³/mol. The van der Waals surface area contributed by atoms with Gasteiger partial charge in [-0.3, -0.25) is 19.4 Å². The molecule has 224 valence electrons. The Labute approximate surface area is 241 Å². The van der Waals surface area contributed by atoms with E-state index in [9.17, 15) is 18.0 Å². The predicted octanol–water partition coefficient (Wildman–Crippen LogP) is 1.29. The van der Waals surface area contributed by atoms with Gasteiger partial charge in [-0.1, -0.05) is 13.0 Å². The van der Waals surface area contributed by atoms with Crippen molar-refractivity contribution >= 4 is 18.1 Å². The van der Waals surface area contributed by atoms with E-state index in [4.69, 9.17) is 5.73 Å². The third-order valence-electron chi connectivity index (χ3n) is 8.50. The van der Waals surface area contributed by atoms with Crippen LogP contribution in [-0.4, -0.2) is 92.9 Å². The van der Waals surface area contributed by atoms with Crippen molar-refractivity contribution in [1.29, 1.82) is 0 Å². The summed E-state index contributed by atoms with van der Waals surface area (Å²) in [7, 11) is 0. The molecular formula is C27H34F3N11O. The molecule has 2 atom stereocenters. The number of amidine groups is 1.